The van der Waals surface area contributed by atoms with Gasteiger partial charge in [0.05, 0.1) is 13.0 Å². The standard InChI is InChI=1S/C10H14NO5P/c1-8-2-4-9(5-3-8)16-17(14)15-7-6-10(12)11-13/h2-5,13,17H,6-7H2,1H3,(H,11,12). The van der Waals surface area contributed by atoms with Crippen LogP contribution in [0.1, 0.15) is 12.0 Å². The maximum Gasteiger partial charge on any atom is 0.367 e. The lowest BCUT2D eigenvalue weighted by Gasteiger charge is -2.06. The summed E-state index contributed by atoms with van der Waals surface area (Å²) in [7, 11) is -2.67. The van der Waals surface area contributed by atoms with E-state index in [0.717, 1.165) is 5.56 Å². The highest BCUT2D eigenvalue weighted by molar-refractivity contribution is 7.33. The lowest BCUT2D eigenvalue weighted by atomic mass is 10.2. The Labute approximate surface area is 99.5 Å². The average Bonchev–Trinajstić information content (AvgIpc) is 2.32. The predicted molar refractivity (Wildman–Crippen MR) is 61.3 cm³/mol. The zero-order valence-electron chi connectivity index (χ0n) is 9.30. The fourth-order valence-electron chi connectivity index (χ4n) is 1.01. The Hall–Kier alpha value is -1.36. The predicted octanol–water partition coefficient (Wildman–Crippen LogP) is 1.68. The number of amides is 1. The van der Waals surface area contributed by atoms with Crippen molar-refractivity contribution in [3.05, 3.63) is 29.8 Å². The first-order chi connectivity index (χ1) is 8.11. The number of benzene rings is 1. The molecule has 0 bridgehead atoms. The number of aryl methyl sites for hydroxylation is 1. The molecule has 1 unspecified atom stereocenters. The summed E-state index contributed by atoms with van der Waals surface area (Å²) < 4.78 is 21.1. The second-order valence-corrected chi connectivity index (χ2v) is 4.29. The second kappa shape index (κ2) is 7.06. The second-order valence-electron chi connectivity index (χ2n) is 3.30. The highest BCUT2D eigenvalue weighted by atomic mass is 31.1. The minimum Gasteiger partial charge on any atom is -0.426 e. The summed E-state index contributed by atoms with van der Waals surface area (Å²) in [6.07, 6.45) is -0.0792. The topological polar surface area (TPSA) is 84.9 Å². The summed E-state index contributed by atoms with van der Waals surface area (Å²) in [6.45, 7) is 1.85. The molecule has 1 aromatic rings. The molecule has 0 fully saturated rings. The van der Waals surface area contributed by atoms with E-state index in [-0.39, 0.29) is 13.0 Å². The zero-order valence-corrected chi connectivity index (χ0v) is 10.3. The molecule has 0 saturated carbocycles. The molecule has 0 saturated heterocycles. The van der Waals surface area contributed by atoms with Crippen LogP contribution in [0.5, 0.6) is 5.75 Å². The van der Waals surface area contributed by atoms with E-state index < -0.39 is 14.2 Å². The fraction of sp³-hybridized carbons (Fsp3) is 0.300. The molecule has 1 amide bonds. The van der Waals surface area contributed by atoms with Gasteiger partial charge < -0.3 is 9.05 Å². The van der Waals surface area contributed by atoms with Gasteiger partial charge in [0.2, 0.25) is 5.91 Å². The molecule has 1 aromatic carbocycles. The zero-order chi connectivity index (χ0) is 12.7. The van der Waals surface area contributed by atoms with Crippen molar-refractivity contribution >= 4 is 14.2 Å². The lowest BCUT2D eigenvalue weighted by molar-refractivity contribution is -0.129. The number of hydrogen-bond acceptors (Lipinski definition) is 5. The quantitative estimate of drug-likeness (QED) is 0.461. The van der Waals surface area contributed by atoms with Gasteiger partial charge in [-0.05, 0) is 19.1 Å². The van der Waals surface area contributed by atoms with Crippen LogP contribution in [0.4, 0.5) is 0 Å². The molecule has 94 valence electrons. The summed E-state index contributed by atoms with van der Waals surface area (Å²) >= 11 is 0. The van der Waals surface area contributed by atoms with Crippen LogP contribution >= 0.6 is 8.25 Å². The molecule has 0 aliphatic rings. The molecule has 0 radical (unpaired) electrons. The Bertz CT molecular complexity index is 392. The summed E-state index contributed by atoms with van der Waals surface area (Å²) in [5, 5.41) is 8.21. The van der Waals surface area contributed by atoms with Crippen molar-refractivity contribution in [2.75, 3.05) is 6.61 Å². The monoisotopic (exact) mass is 259 g/mol. The van der Waals surface area contributed by atoms with E-state index in [2.05, 4.69) is 0 Å². The number of rotatable bonds is 6. The maximum atomic E-state index is 11.3. The summed E-state index contributed by atoms with van der Waals surface area (Å²) in [5.41, 5.74) is 2.51. The highest BCUT2D eigenvalue weighted by Gasteiger charge is 2.04. The van der Waals surface area contributed by atoms with E-state index in [0.29, 0.717) is 5.75 Å². The third-order valence-corrected chi connectivity index (χ3v) is 2.74. The molecular formula is C10H14NO5P. The number of nitrogens with one attached hydrogen (secondary N) is 1. The number of hydroxylamine groups is 1. The molecule has 1 atom stereocenters. The van der Waals surface area contributed by atoms with Crippen LogP contribution in [0.3, 0.4) is 0 Å². The van der Waals surface area contributed by atoms with Crippen LogP contribution in [0.25, 0.3) is 0 Å². The van der Waals surface area contributed by atoms with E-state index in [1.54, 1.807) is 12.1 Å². The van der Waals surface area contributed by atoms with Crippen molar-refractivity contribution in [3.8, 4) is 5.75 Å². The number of carbonyl (C=O) groups excluding carboxylic acids is 1. The van der Waals surface area contributed by atoms with Crippen molar-refractivity contribution in [1.29, 1.82) is 0 Å². The van der Waals surface area contributed by atoms with Crippen LogP contribution < -0.4 is 10.0 Å². The fourth-order valence-corrected chi connectivity index (χ4v) is 1.67. The van der Waals surface area contributed by atoms with Gasteiger partial charge in [-0.3, -0.25) is 10.0 Å². The minimum absolute atomic E-state index is 0.0734. The Morgan fingerprint density at radius 1 is 1.41 bits per heavy atom. The first-order valence-electron chi connectivity index (χ1n) is 4.96. The van der Waals surface area contributed by atoms with Gasteiger partial charge >= 0.3 is 8.25 Å². The Morgan fingerprint density at radius 2 is 2.06 bits per heavy atom. The normalized spacial score (nSPS) is 11.9. The van der Waals surface area contributed by atoms with Crippen molar-refractivity contribution in [3.63, 3.8) is 0 Å². The van der Waals surface area contributed by atoms with Gasteiger partial charge in [0.25, 0.3) is 0 Å². The third kappa shape index (κ3) is 5.49. The molecule has 1 rings (SSSR count). The van der Waals surface area contributed by atoms with Crippen molar-refractivity contribution in [2.45, 2.75) is 13.3 Å². The van der Waals surface area contributed by atoms with E-state index in [1.807, 2.05) is 19.1 Å². The van der Waals surface area contributed by atoms with Crippen LogP contribution in [0.15, 0.2) is 24.3 Å². The summed E-state index contributed by atoms with van der Waals surface area (Å²) in [6, 6.07) is 7.01. The summed E-state index contributed by atoms with van der Waals surface area (Å²) in [4.78, 5) is 10.6. The lowest BCUT2D eigenvalue weighted by Crippen LogP contribution is -2.19. The van der Waals surface area contributed by atoms with Gasteiger partial charge in [-0.25, -0.2) is 10.0 Å². The molecular weight excluding hydrogens is 245 g/mol. The largest absolute Gasteiger partial charge is 0.426 e. The van der Waals surface area contributed by atoms with E-state index in [1.165, 1.54) is 5.48 Å². The minimum atomic E-state index is -2.67. The Morgan fingerprint density at radius 3 is 2.65 bits per heavy atom. The molecule has 0 heterocycles. The highest BCUT2D eigenvalue weighted by Crippen LogP contribution is 2.27. The van der Waals surface area contributed by atoms with Crippen LogP contribution in [-0.2, 0) is 13.9 Å². The van der Waals surface area contributed by atoms with Gasteiger partial charge in [0, 0.05) is 0 Å². The van der Waals surface area contributed by atoms with Crippen LogP contribution in [-0.4, -0.2) is 17.7 Å². The van der Waals surface area contributed by atoms with Crippen molar-refractivity contribution < 1.29 is 23.6 Å². The van der Waals surface area contributed by atoms with E-state index in [9.17, 15) is 9.36 Å². The van der Waals surface area contributed by atoms with Crippen LogP contribution in [0.2, 0.25) is 0 Å². The molecule has 2 N–H and O–H groups in total. The van der Waals surface area contributed by atoms with Gasteiger partial charge in [-0.1, -0.05) is 17.7 Å². The SMILES string of the molecule is Cc1ccc(O[PH](=O)OCCC(=O)NO)cc1. The number of hydrogen-bond donors (Lipinski definition) is 2. The average molecular weight is 259 g/mol. The van der Waals surface area contributed by atoms with Crippen molar-refractivity contribution in [2.24, 2.45) is 0 Å². The maximum absolute atomic E-state index is 11.3. The summed E-state index contributed by atoms with van der Waals surface area (Å²) in [5.74, 6) is -0.152. The molecule has 0 spiro atoms. The third-order valence-electron chi connectivity index (χ3n) is 1.90. The van der Waals surface area contributed by atoms with Gasteiger partial charge in [-0.2, -0.15) is 0 Å². The van der Waals surface area contributed by atoms with Gasteiger partial charge in [0.15, 0.2) is 0 Å². The van der Waals surface area contributed by atoms with E-state index in [4.69, 9.17) is 14.3 Å². The smallest absolute Gasteiger partial charge is 0.367 e. The van der Waals surface area contributed by atoms with Gasteiger partial charge in [-0.15, -0.1) is 0 Å². The van der Waals surface area contributed by atoms with Crippen molar-refractivity contribution in [1.82, 2.24) is 5.48 Å². The van der Waals surface area contributed by atoms with Crippen LogP contribution in [0, 0.1) is 6.92 Å². The first kappa shape index (κ1) is 13.7. The molecule has 6 nitrogen and oxygen atoms in total. The molecule has 0 aliphatic heterocycles. The Kier molecular flexibility index (Phi) is 5.69. The van der Waals surface area contributed by atoms with E-state index >= 15 is 0 Å². The molecule has 0 aliphatic carbocycles. The first-order valence-corrected chi connectivity index (χ1v) is 6.18. The van der Waals surface area contributed by atoms with Gasteiger partial charge in [0.1, 0.15) is 5.75 Å². The number of carbonyl (C=O) groups is 1. The molecule has 7 heteroatoms. The molecule has 17 heavy (non-hydrogen) atoms. The Balaban J connectivity index is 2.30. The molecule has 0 aromatic heterocycles.